The molecule has 1 atom stereocenters. The molecule has 2 aliphatic rings. The van der Waals surface area contributed by atoms with Gasteiger partial charge in [-0.05, 0) is 32.6 Å². The molecule has 1 aromatic rings. The average molecular weight is 363 g/mol. The number of carbonyl (C=O) groups is 1. The van der Waals surface area contributed by atoms with Crippen molar-refractivity contribution in [3.8, 4) is 0 Å². The number of amides is 1. The summed E-state index contributed by atoms with van der Waals surface area (Å²) in [5, 5.41) is 12.8. The molecule has 1 aromatic heterocycles. The Balaban J connectivity index is 1.66. The standard InChI is InChI=1S/C19H30N4OS/c1-3-13-23-17(15-9-5-4-6-10-15)21-22-19(23)25-14(2)18(24)20-16-11-7-8-12-16/h3,14-16H,1,4-13H2,2H3,(H,20,24). The van der Waals surface area contributed by atoms with Crippen molar-refractivity contribution >= 4 is 17.7 Å². The maximum Gasteiger partial charge on any atom is 0.233 e. The summed E-state index contributed by atoms with van der Waals surface area (Å²) in [6.07, 6.45) is 12.8. The molecule has 2 saturated carbocycles. The van der Waals surface area contributed by atoms with Gasteiger partial charge in [0.1, 0.15) is 5.82 Å². The molecule has 0 aliphatic heterocycles. The lowest BCUT2D eigenvalue weighted by atomic mass is 9.89. The Kier molecular flexibility index (Phi) is 6.57. The van der Waals surface area contributed by atoms with Gasteiger partial charge in [0.2, 0.25) is 5.91 Å². The van der Waals surface area contributed by atoms with Gasteiger partial charge in [-0.3, -0.25) is 4.79 Å². The first-order valence-corrected chi connectivity index (χ1v) is 10.6. The highest BCUT2D eigenvalue weighted by atomic mass is 32.2. The molecule has 138 valence electrons. The van der Waals surface area contributed by atoms with Crippen molar-refractivity contribution in [3.63, 3.8) is 0 Å². The zero-order valence-corrected chi connectivity index (χ0v) is 16.1. The van der Waals surface area contributed by atoms with E-state index in [4.69, 9.17) is 0 Å². The van der Waals surface area contributed by atoms with E-state index in [0.29, 0.717) is 18.5 Å². The molecule has 6 heteroatoms. The van der Waals surface area contributed by atoms with Gasteiger partial charge in [-0.25, -0.2) is 0 Å². The van der Waals surface area contributed by atoms with Crippen molar-refractivity contribution in [3.05, 3.63) is 18.5 Å². The van der Waals surface area contributed by atoms with Crippen molar-refractivity contribution in [1.82, 2.24) is 20.1 Å². The van der Waals surface area contributed by atoms with E-state index in [-0.39, 0.29) is 11.2 Å². The SMILES string of the molecule is C=CCn1c(SC(C)C(=O)NC2CCCC2)nnc1C1CCCCC1. The lowest BCUT2D eigenvalue weighted by Crippen LogP contribution is -2.37. The third kappa shape index (κ3) is 4.66. The molecule has 2 fully saturated rings. The number of nitrogens with zero attached hydrogens (tertiary/aromatic N) is 3. The van der Waals surface area contributed by atoms with E-state index in [1.165, 1.54) is 56.7 Å². The van der Waals surface area contributed by atoms with E-state index in [0.717, 1.165) is 23.8 Å². The fraction of sp³-hybridized carbons (Fsp3) is 0.737. The lowest BCUT2D eigenvalue weighted by molar-refractivity contribution is -0.120. The minimum absolute atomic E-state index is 0.115. The first-order chi connectivity index (χ1) is 12.2. The number of aromatic nitrogens is 3. The zero-order chi connectivity index (χ0) is 17.6. The quantitative estimate of drug-likeness (QED) is 0.587. The monoisotopic (exact) mass is 362 g/mol. The van der Waals surface area contributed by atoms with Gasteiger partial charge in [-0.15, -0.1) is 16.8 Å². The van der Waals surface area contributed by atoms with Gasteiger partial charge in [-0.1, -0.05) is 49.9 Å². The van der Waals surface area contributed by atoms with Gasteiger partial charge in [0.05, 0.1) is 5.25 Å². The molecule has 1 amide bonds. The van der Waals surface area contributed by atoms with Crippen LogP contribution in [0.15, 0.2) is 17.8 Å². The predicted octanol–water partition coefficient (Wildman–Crippen LogP) is 4.05. The largest absolute Gasteiger partial charge is 0.352 e. The number of allylic oxidation sites excluding steroid dienone is 1. The van der Waals surface area contributed by atoms with Crippen molar-refractivity contribution in [1.29, 1.82) is 0 Å². The second kappa shape index (κ2) is 8.88. The molecule has 0 radical (unpaired) electrons. The molecule has 5 nitrogen and oxygen atoms in total. The molecule has 0 bridgehead atoms. The summed E-state index contributed by atoms with van der Waals surface area (Å²) < 4.78 is 2.16. The summed E-state index contributed by atoms with van der Waals surface area (Å²) in [6.45, 7) is 6.55. The zero-order valence-electron chi connectivity index (χ0n) is 15.2. The van der Waals surface area contributed by atoms with Crippen molar-refractivity contribution < 1.29 is 4.79 Å². The Morgan fingerprint density at radius 1 is 1.24 bits per heavy atom. The average Bonchev–Trinajstić information content (AvgIpc) is 3.26. The summed E-state index contributed by atoms with van der Waals surface area (Å²) in [6, 6.07) is 0.361. The van der Waals surface area contributed by atoms with Gasteiger partial charge in [-0.2, -0.15) is 0 Å². The van der Waals surface area contributed by atoms with Gasteiger partial charge in [0.25, 0.3) is 0 Å². The van der Waals surface area contributed by atoms with Crippen molar-refractivity contribution in [2.75, 3.05) is 0 Å². The highest BCUT2D eigenvalue weighted by Crippen LogP contribution is 2.34. The van der Waals surface area contributed by atoms with Gasteiger partial charge in [0.15, 0.2) is 5.16 Å². The molecule has 2 aliphatic carbocycles. The Morgan fingerprint density at radius 2 is 1.92 bits per heavy atom. The van der Waals surface area contributed by atoms with Crippen LogP contribution in [-0.4, -0.2) is 32.0 Å². The molecule has 0 spiro atoms. The second-order valence-electron chi connectivity index (χ2n) is 7.33. The van der Waals surface area contributed by atoms with Crippen LogP contribution in [0.4, 0.5) is 0 Å². The molecular weight excluding hydrogens is 332 g/mol. The molecule has 1 N–H and O–H groups in total. The summed E-state index contributed by atoms with van der Waals surface area (Å²) in [7, 11) is 0. The highest BCUT2D eigenvalue weighted by Gasteiger charge is 2.26. The number of hydrogen-bond acceptors (Lipinski definition) is 4. The number of rotatable bonds is 7. The van der Waals surface area contributed by atoms with Gasteiger partial charge in [0, 0.05) is 18.5 Å². The summed E-state index contributed by atoms with van der Waals surface area (Å²) in [5.74, 6) is 1.69. The molecule has 0 saturated heterocycles. The van der Waals surface area contributed by atoms with Crippen LogP contribution < -0.4 is 5.32 Å². The Hall–Kier alpha value is -1.30. The maximum atomic E-state index is 12.5. The number of hydrogen-bond donors (Lipinski definition) is 1. The van der Waals surface area contributed by atoms with E-state index in [1.54, 1.807) is 0 Å². The van der Waals surface area contributed by atoms with Crippen molar-refractivity contribution in [2.45, 2.75) is 93.6 Å². The fourth-order valence-corrected chi connectivity index (χ4v) is 4.83. The molecule has 0 aromatic carbocycles. The molecule has 25 heavy (non-hydrogen) atoms. The van der Waals surface area contributed by atoms with Crippen LogP contribution >= 0.6 is 11.8 Å². The fourth-order valence-electron chi connectivity index (χ4n) is 3.95. The van der Waals surface area contributed by atoms with E-state index in [2.05, 4.69) is 26.7 Å². The van der Waals surface area contributed by atoms with Crippen LogP contribution in [0, 0.1) is 0 Å². The number of nitrogens with one attached hydrogen (secondary N) is 1. The van der Waals surface area contributed by atoms with E-state index in [1.807, 2.05) is 13.0 Å². The first kappa shape index (κ1) is 18.5. The normalized spacial score (nSPS) is 20.5. The summed E-state index contributed by atoms with van der Waals surface area (Å²) in [5.41, 5.74) is 0. The minimum Gasteiger partial charge on any atom is -0.352 e. The van der Waals surface area contributed by atoms with E-state index in [9.17, 15) is 4.79 Å². The molecule has 1 unspecified atom stereocenters. The lowest BCUT2D eigenvalue weighted by Gasteiger charge is -2.22. The molecule has 1 heterocycles. The topological polar surface area (TPSA) is 59.8 Å². The predicted molar refractivity (Wildman–Crippen MR) is 102 cm³/mol. The van der Waals surface area contributed by atoms with E-state index >= 15 is 0 Å². The second-order valence-corrected chi connectivity index (χ2v) is 8.63. The minimum atomic E-state index is -0.160. The van der Waals surface area contributed by atoms with Crippen LogP contribution in [0.2, 0.25) is 0 Å². The van der Waals surface area contributed by atoms with Crippen molar-refractivity contribution in [2.24, 2.45) is 0 Å². The van der Waals surface area contributed by atoms with Gasteiger partial charge < -0.3 is 9.88 Å². The van der Waals surface area contributed by atoms with Crippen LogP contribution in [0.25, 0.3) is 0 Å². The third-order valence-electron chi connectivity index (χ3n) is 5.38. The molecule has 3 rings (SSSR count). The van der Waals surface area contributed by atoms with E-state index < -0.39 is 0 Å². The Bertz CT molecular complexity index is 588. The van der Waals surface area contributed by atoms with Crippen LogP contribution in [-0.2, 0) is 11.3 Å². The highest BCUT2D eigenvalue weighted by molar-refractivity contribution is 8.00. The number of carbonyl (C=O) groups excluding carboxylic acids is 1. The number of thioether (sulfide) groups is 1. The summed E-state index contributed by atoms with van der Waals surface area (Å²) >= 11 is 1.52. The first-order valence-electron chi connectivity index (χ1n) is 9.70. The maximum absolute atomic E-state index is 12.5. The smallest absolute Gasteiger partial charge is 0.233 e. The third-order valence-corrected chi connectivity index (χ3v) is 6.46. The van der Waals surface area contributed by atoms with Crippen LogP contribution in [0.3, 0.4) is 0 Å². The summed E-state index contributed by atoms with van der Waals surface area (Å²) in [4.78, 5) is 12.5. The Morgan fingerprint density at radius 3 is 2.60 bits per heavy atom. The Labute approximate surface area is 155 Å². The van der Waals surface area contributed by atoms with Crippen LogP contribution in [0.5, 0.6) is 0 Å². The van der Waals surface area contributed by atoms with Gasteiger partial charge >= 0.3 is 0 Å². The molecular formula is C19H30N4OS. The van der Waals surface area contributed by atoms with Crippen LogP contribution in [0.1, 0.15) is 76.5 Å².